The average Bonchev–Trinajstić information content (AvgIpc) is 2.57. The van der Waals surface area contributed by atoms with Crippen LogP contribution in [0.15, 0.2) is 24.3 Å². The van der Waals surface area contributed by atoms with Crippen molar-refractivity contribution < 1.29 is 24.3 Å². The lowest BCUT2D eigenvalue weighted by Crippen LogP contribution is -2.60. The van der Waals surface area contributed by atoms with Crippen molar-refractivity contribution in [2.24, 2.45) is 0 Å². The number of likely N-dealkylation sites (N-methyl/N-ethyl adjacent to an activating group) is 1. The predicted molar refractivity (Wildman–Crippen MR) is 78.8 cm³/mol. The van der Waals surface area contributed by atoms with Crippen molar-refractivity contribution in [3.63, 3.8) is 0 Å². The number of aldehydes is 1. The Balaban J connectivity index is 2.28. The van der Waals surface area contributed by atoms with E-state index < -0.39 is 17.9 Å². The van der Waals surface area contributed by atoms with Gasteiger partial charge in [0.15, 0.2) is 0 Å². The van der Waals surface area contributed by atoms with E-state index in [2.05, 4.69) is 0 Å². The summed E-state index contributed by atoms with van der Waals surface area (Å²) in [6.07, 6.45) is 0.851. The number of phenols is 1. The molecule has 23 heavy (non-hydrogen) atoms. The molecule has 1 atom stereocenters. The topological polar surface area (TPSA) is 98.2 Å². The average molecular weight is 319 g/mol. The highest BCUT2D eigenvalue weighted by atomic mass is 16.3. The van der Waals surface area contributed by atoms with Crippen molar-refractivity contribution in [1.29, 1.82) is 0 Å². The first-order valence-corrected chi connectivity index (χ1v) is 7.12. The molecule has 1 fully saturated rings. The summed E-state index contributed by atoms with van der Waals surface area (Å²) in [7, 11) is 0. The Bertz CT molecular complexity index is 616. The van der Waals surface area contributed by atoms with Crippen LogP contribution < -0.4 is 0 Å². The number of hydrazine groups is 1. The number of nitrogens with zero attached hydrogens (tertiary/aromatic N) is 3. The van der Waals surface area contributed by atoms with E-state index in [9.17, 15) is 24.3 Å². The maximum absolute atomic E-state index is 12.2. The van der Waals surface area contributed by atoms with Crippen LogP contribution in [0.5, 0.6) is 5.75 Å². The fourth-order valence-electron chi connectivity index (χ4n) is 2.42. The summed E-state index contributed by atoms with van der Waals surface area (Å²) in [5.41, 5.74) is 0.420. The molecule has 1 N–H and O–H groups in total. The van der Waals surface area contributed by atoms with Gasteiger partial charge in [-0.15, -0.1) is 0 Å². The molecule has 0 spiro atoms. The van der Waals surface area contributed by atoms with Gasteiger partial charge in [-0.3, -0.25) is 14.4 Å². The van der Waals surface area contributed by atoms with Crippen LogP contribution in [0.3, 0.4) is 0 Å². The van der Waals surface area contributed by atoms with Crippen LogP contribution in [0, 0.1) is 0 Å². The van der Waals surface area contributed by atoms with Crippen LogP contribution in [-0.4, -0.2) is 64.2 Å². The molecule has 122 valence electrons. The summed E-state index contributed by atoms with van der Waals surface area (Å²) in [6.45, 7) is 2.56. The maximum atomic E-state index is 12.2. The molecule has 1 aromatic rings. The number of phenolic OH excluding ortho intramolecular Hbond substituents is 1. The second-order valence-electron chi connectivity index (χ2n) is 4.97. The van der Waals surface area contributed by atoms with E-state index in [-0.39, 0.29) is 18.8 Å². The van der Waals surface area contributed by atoms with Gasteiger partial charge in [-0.25, -0.2) is 10.0 Å². The third-order valence-corrected chi connectivity index (χ3v) is 3.70. The van der Waals surface area contributed by atoms with Gasteiger partial charge in [0.25, 0.3) is 0 Å². The summed E-state index contributed by atoms with van der Waals surface area (Å²) in [5, 5.41) is 11.2. The highest BCUT2D eigenvalue weighted by Gasteiger charge is 2.37. The molecule has 1 aromatic carbocycles. The molecule has 3 amide bonds. The van der Waals surface area contributed by atoms with Crippen molar-refractivity contribution >= 4 is 24.5 Å². The SMILES string of the molecule is CCN1CCN(N(C=O)C(C=O)c2ccc(O)cc2)C(=O)C1=O. The quantitative estimate of drug-likeness (QED) is 0.573. The Morgan fingerprint density at radius 3 is 2.35 bits per heavy atom. The van der Waals surface area contributed by atoms with Crippen LogP contribution in [0.25, 0.3) is 0 Å². The summed E-state index contributed by atoms with van der Waals surface area (Å²) >= 11 is 0. The Morgan fingerprint density at radius 1 is 1.17 bits per heavy atom. The van der Waals surface area contributed by atoms with Crippen molar-refractivity contribution in [2.45, 2.75) is 13.0 Å². The van der Waals surface area contributed by atoms with Crippen molar-refractivity contribution in [2.75, 3.05) is 19.6 Å². The van der Waals surface area contributed by atoms with Gasteiger partial charge in [0.1, 0.15) is 18.1 Å². The number of hydrogen-bond donors (Lipinski definition) is 1. The first kappa shape index (κ1) is 16.5. The molecular formula is C15H17N3O5. The third-order valence-electron chi connectivity index (χ3n) is 3.70. The number of piperazine rings is 1. The maximum Gasteiger partial charge on any atom is 0.330 e. The molecule has 0 aromatic heterocycles. The molecule has 0 bridgehead atoms. The van der Waals surface area contributed by atoms with E-state index in [4.69, 9.17) is 0 Å². The van der Waals surface area contributed by atoms with Crippen LogP contribution in [0.4, 0.5) is 0 Å². The van der Waals surface area contributed by atoms with Gasteiger partial charge in [-0.2, -0.15) is 0 Å². The molecule has 8 heteroatoms. The number of carbonyl (C=O) groups excluding carboxylic acids is 4. The Labute approximate surface area is 132 Å². The minimum Gasteiger partial charge on any atom is -0.508 e. The monoisotopic (exact) mass is 319 g/mol. The summed E-state index contributed by atoms with van der Waals surface area (Å²) < 4.78 is 0. The molecular weight excluding hydrogens is 302 g/mol. The van der Waals surface area contributed by atoms with Gasteiger partial charge < -0.3 is 14.8 Å². The van der Waals surface area contributed by atoms with E-state index >= 15 is 0 Å². The molecule has 2 rings (SSSR count). The van der Waals surface area contributed by atoms with Gasteiger partial charge in [0.2, 0.25) is 6.41 Å². The van der Waals surface area contributed by atoms with E-state index in [0.717, 1.165) is 10.0 Å². The standard InChI is InChI=1S/C15H17N3O5/c1-2-16-7-8-17(15(23)14(16)22)18(10-20)13(9-19)11-3-5-12(21)6-4-11/h3-6,9-10,13,21H,2,7-8H2,1H3. The predicted octanol–water partition coefficient (Wildman–Crippen LogP) is -0.304. The fourth-order valence-corrected chi connectivity index (χ4v) is 2.42. The summed E-state index contributed by atoms with van der Waals surface area (Å²) in [6, 6.07) is 4.63. The fraction of sp³-hybridized carbons (Fsp3) is 0.333. The minimum absolute atomic E-state index is 0.0128. The highest BCUT2D eigenvalue weighted by molar-refractivity contribution is 6.35. The van der Waals surface area contributed by atoms with Gasteiger partial charge in [0, 0.05) is 13.1 Å². The highest BCUT2D eigenvalue weighted by Crippen LogP contribution is 2.23. The Kier molecular flexibility index (Phi) is 4.95. The van der Waals surface area contributed by atoms with Crippen molar-refractivity contribution in [3.05, 3.63) is 29.8 Å². The minimum atomic E-state index is -1.06. The zero-order chi connectivity index (χ0) is 17.0. The largest absolute Gasteiger partial charge is 0.508 e. The molecule has 1 heterocycles. The van der Waals surface area contributed by atoms with Gasteiger partial charge in [-0.05, 0) is 24.6 Å². The number of hydrogen-bond acceptors (Lipinski definition) is 5. The molecule has 0 radical (unpaired) electrons. The lowest BCUT2D eigenvalue weighted by molar-refractivity contribution is -0.175. The van der Waals surface area contributed by atoms with E-state index in [1.54, 1.807) is 6.92 Å². The second kappa shape index (κ2) is 6.91. The van der Waals surface area contributed by atoms with Gasteiger partial charge in [-0.1, -0.05) is 12.1 Å². The zero-order valence-electron chi connectivity index (χ0n) is 12.6. The van der Waals surface area contributed by atoms with Crippen molar-refractivity contribution in [3.8, 4) is 5.75 Å². The Hall–Kier alpha value is -2.90. The number of rotatable bonds is 6. The van der Waals surface area contributed by atoms with E-state index in [0.29, 0.717) is 24.8 Å². The molecule has 0 saturated carbocycles. The zero-order valence-corrected chi connectivity index (χ0v) is 12.6. The smallest absolute Gasteiger partial charge is 0.330 e. The molecule has 1 saturated heterocycles. The lowest BCUT2D eigenvalue weighted by atomic mass is 10.1. The lowest BCUT2D eigenvalue weighted by Gasteiger charge is -2.40. The van der Waals surface area contributed by atoms with Crippen LogP contribution >= 0.6 is 0 Å². The molecule has 1 unspecified atom stereocenters. The summed E-state index contributed by atoms with van der Waals surface area (Å²) in [4.78, 5) is 48.4. The number of benzene rings is 1. The molecule has 0 aliphatic carbocycles. The molecule has 8 nitrogen and oxygen atoms in total. The van der Waals surface area contributed by atoms with Gasteiger partial charge in [0.05, 0.1) is 6.54 Å². The first-order valence-electron chi connectivity index (χ1n) is 7.12. The van der Waals surface area contributed by atoms with E-state index in [1.165, 1.54) is 29.2 Å². The van der Waals surface area contributed by atoms with Gasteiger partial charge >= 0.3 is 11.8 Å². The van der Waals surface area contributed by atoms with Crippen molar-refractivity contribution in [1.82, 2.24) is 14.9 Å². The molecule has 1 aliphatic heterocycles. The Morgan fingerprint density at radius 2 is 1.83 bits per heavy atom. The number of amides is 3. The second-order valence-corrected chi connectivity index (χ2v) is 4.97. The normalized spacial score (nSPS) is 16.2. The first-order chi connectivity index (χ1) is 11.0. The third kappa shape index (κ3) is 3.15. The van der Waals surface area contributed by atoms with Crippen LogP contribution in [-0.2, 0) is 19.2 Å². The molecule has 1 aliphatic rings. The number of aromatic hydroxyl groups is 1. The number of carbonyl (C=O) groups is 4. The summed E-state index contributed by atoms with van der Waals surface area (Å²) in [5.74, 6) is -1.55. The van der Waals surface area contributed by atoms with E-state index in [1.807, 2.05) is 0 Å². The van der Waals surface area contributed by atoms with Crippen LogP contribution in [0.1, 0.15) is 18.5 Å². The van der Waals surface area contributed by atoms with Crippen LogP contribution in [0.2, 0.25) is 0 Å².